The Hall–Kier alpha value is -1.93. The topological polar surface area (TPSA) is 53.6 Å². The lowest BCUT2D eigenvalue weighted by Crippen LogP contribution is -2.02. The van der Waals surface area contributed by atoms with Gasteiger partial charge in [0.15, 0.2) is 0 Å². The zero-order valence-corrected chi connectivity index (χ0v) is 12.8. The molecule has 2 aromatic rings. The van der Waals surface area contributed by atoms with Crippen molar-refractivity contribution in [3.8, 4) is 6.07 Å². The van der Waals surface area contributed by atoms with Gasteiger partial charge in [0.2, 0.25) is 0 Å². The van der Waals surface area contributed by atoms with Crippen molar-refractivity contribution in [1.29, 1.82) is 5.26 Å². The summed E-state index contributed by atoms with van der Waals surface area (Å²) in [4.78, 5) is 1.03. The Kier molecular flexibility index (Phi) is 4.70. The molecule has 0 unspecified atom stereocenters. The van der Waals surface area contributed by atoms with Gasteiger partial charge in [0, 0.05) is 30.2 Å². The van der Waals surface area contributed by atoms with Crippen LogP contribution in [-0.4, -0.2) is 15.5 Å². The number of anilines is 1. The molecule has 1 aromatic carbocycles. The van der Waals surface area contributed by atoms with Crippen LogP contribution in [0.5, 0.6) is 0 Å². The number of hydrogen-bond acceptors (Lipinski definition) is 4. The van der Waals surface area contributed by atoms with Crippen molar-refractivity contribution < 1.29 is 0 Å². The van der Waals surface area contributed by atoms with E-state index in [1.165, 1.54) is 0 Å². The Bertz CT molecular complexity index is 640. The Labute approximate surface area is 123 Å². The van der Waals surface area contributed by atoms with Crippen LogP contribution in [-0.2, 0) is 13.6 Å². The molecule has 0 aliphatic rings. The standard InChI is InChI=1S/C15H18N4S/c1-4-20-15-7-5-6-14(13(15)8-16)17-9-12-10-19(3)18-11(12)2/h5-7,10,17H,4,9H2,1-3H3. The molecule has 0 saturated heterocycles. The van der Waals surface area contributed by atoms with Crippen molar-refractivity contribution in [3.05, 3.63) is 41.2 Å². The fraction of sp³-hybridized carbons (Fsp3) is 0.333. The third-order valence-electron chi connectivity index (χ3n) is 3.02. The highest BCUT2D eigenvalue weighted by Crippen LogP contribution is 2.28. The van der Waals surface area contributed by atoms with Gasteiger partial charge in [-0.25, -0.2) is 0 Å². The molecule has 0 atom stereocenters. The quantitative estimate of drug-likeness (QED) is 0.857. The summed E-state index contributed by atoms with van der Waals surface area (Å²) in [5.41, 5.74) is 3.76. The third kappa shape index (κ3) is 3.14. The molecule has 0 fully saturated rings. The fourth-order valence-corrected chi connectivity index (χ4v) is 2.87. The minimum Gasteiger partial charge on any atom is -0.380 e. The average molecular weight is 286 g/mol. The summed E-state index contributed by atoms with van der Waals surface area (Å²) >= 11 is 1.69. The molecule has 4 nitrogen and oxygen atoms in total. The maximum Gasteiger partial charge on any atom is 0.102 e. The van der Waals surface area contributed by atoms with E-state index in [0.29, 0.717) is 6.54 Å². The molecule has 0 bridgehead atoms. The van der Waals surface area contributed by atoms with Gasteiger partial charge in [-0.2, -0.15) is 10.4 Å². The number of hydrogen-bond donors (Lipinski definition) is 1. The molecule has 0 aliphatic heterocycles. The summed E-state index contributed by atoms with van der Waals surface area (Å²) in [5, 5.41) is 17.0. The van der Waals surface area contributed by atoms with E-state index in [2.05, 4.69) is 23.4 Å². The predicted molar refractivity (Wildman–Crippen MR) is 82.8 cm³/mol. The number of rotatable bonds is 5. The van der Waals surface area contributed by atoms with Gasteiger partial charge >= 0.3 is 0 Å². The van der Waals surface area contributed by atoms with E-state index in [9.17, 15) is 5.26 Å². The normalized spacial score (nSPS) is 10.3. The van der Waals surface area contributed by atoms with Gasteiger partial charge in [-0.05, 0) is 24.8 Å². The number of nitriles is 1. The van der Waals surface area contributed by atoms with Crippen LogP contribution in [0.25, 0.3) is 0 Å². The summed E-state index contributed by atoms with van der Waals surface area (Å²) < 4.78 is 1.81. The average Bonchev–Trinajstić information content (AvgIpc) is 2.75. The molecule has 0 spiro atoms. The fourth-order valence-electron chi connectivity index (χ4n) is 2.08. The smallest absolute Gasteiger partial charge is 0.102 e. The van der Waals surface area contributed by atoms with Crippen LogP contribution < -0.4 is 5.32 Å². The van der Waals surface area contributed by atoms with Crippen molar-refractivity contribution in [2.75, 3.05) is 11.1 Å². The lowest BCUT2D eigenvalue weighted by atomic mass is 10.2. The summed E-state index contributed by atoms with van der Waals surface area (Å²) in [7, 11) is 1.91. The molecular formula is C15H18N4S. The number of benzene rings is 1. The minimum absolute atomic E-state index is 0.675. The van der Waals surface area contributed by atoms with Crippen molar-refractivity contribution in [2.24, 2.45) is 7.05 Å². The van der Waals surface area contributed by atoms with Crippen LogP contribution >= 0.6 is 11.8 Å². The SMILES string of the molecule is CCSc1cccc(NCc2cn(C)nc2C)c1C#N. The first-order valence-corrected chi connectivity index (χ1v) is 7.53. The first-order chi connectivity index (χ1) is 9.65. The van der Waals surface area contributed by atoms with E-state index in [1.807, 2.05) is 38.4 Å². The van der Waals surface area contributed by atoms with Crippen LogP contribution in [0, 0.1) is 18.3 Å². The summed E-state index contributed by atoms with van der Waals surface area (Å²) in [6, 6.07) is 8.23. The molecule has 1 N–H and O–H groups in total. The van der Waals surface area contributed by atoms with Gasteiger partial charge in [0.05, 0.1) is 16.9 Å². The highest BCUT2D eigenvalue weighted by molar-refractivity contribution is 7.99. The second-order valence-electron chi connectivity index (χ2n) is 4.49. The first kappa shape index (κ1) is 14.5. The number of nitrogens with one attached hydrogen (secondary N) is 1. The van der Waals surface area contributed by atoms with Crippen molar-refractivity contribution in [2.45, 2.75) is 25.3 Å². The molecule has 0 saturated carbocycles. The van der Waals surface area contributed by atoms with Crippen molar-refractivity contribution in [3.63, 3.8) is 0 Å². The molecule has 2 rings (SSSR count). The lowest BCUT2D eigenvalue weighted by molar-refractivity contribution is 0.756. The van der Waals surface area contributed by atoms with Gasteiger partial charge in [-0.1, -0.05) is 13.0 Å². The molecular weight excluding hydrogens is 268 g/mol. The number of thioether (sulfide) groups is 1. The first-order valence-electron chi connectivity index (χ1n) is 6.54. The molecule has 20 heavy (non-hydrogen) atoms. The second kappa shape index (κ2) is 6.49. The van der Waals surface area contributed by atoms with Crippen molar-refractivity contribution in [1.82, 2.24) is 9.78 Å². The number of aromatic nitrogens is 2. The number of nitrogens with zero attached hydrogens (tertiary/aromatic N) is 3. The number of aryl methyl sites for hydroxylation is 2. The maximum absolute atomic E-state index is 9.36. The summed E-state index contributed by atoms with van der Waals surface area (Å²) in [6.07, 6.45) is 2.00. The van der Waals surface area contributed by atoms with Crippen LogP contribution in [0.4, 0.5) is 5.69 Å². The van der Waals surface area contributed by atoms with Gasteiger partial charge in [-0.3, -0.25) is 4.68 Å². The molecule has 0 aliphatic carbocycles. The van der Waals surface area contributed by atoms with E-state index in [0.717, 1.165) is 33.2 Å². The van der Waals surface area contributed by atoms with Crippen LogP contribution in [0.3, 0.4) is 0 Å². The van der Waals surface area contributed by atoms with Gasteiger partial charge < -0.3 is 5.32 Å². The summed E-state index contributed by atoms with van der Waals surface area (Å²) in [6.45, 7) is 4.76. The van der Waals surface area contributed by atoms with E-state index >= 15 is 0 Å². The van der Waals surface area contributed by atoms with Gasteiger partial charge in [0.1, 0.15) is 6.07 Å². The highest BCUT2D eigenvalue weighted by Gasteiger charge is 2.09. The molecule has 1 heterocycles. The minimum atomic E-state index is 0.675. The Balaban J connectivity index is 2.19. The zero-order chi connectivity index (χ0) is 14.5. The zero-order valence-electron chi connectivity index (χ0n) is 12.0. The van der Waals surface area contributed by atoms with E-state index in [4.69, 9.17) is 0 Å². The van der Waals surface area contributed by atoms with Crippen LogP contribution in [0.15, 0.2) is 29.3 Å². The molecule has 0 amide bonds. The summed E-state index contributed by atoms with van der Waals surface area (Å²) in [5.74, 6) is 0.958. The molecule has 104 valence electrons. The van der Waals surface area contributed by atoms with Crippen molar-refractivity contribution >= 4 is 17.4 Å². The highest BCUT2D eigenvalue weighted by atomic mass is 32.2. The Morgan fingerprint density at radius 2 is 2.25 bits per heavy atom. The van der Waals surface area contributed by atoms with E-state index < -0.39 is 0 Å². The van der Waals surface area contributed by atoms with E-state index in [1.54, 1.807) is 16.4 Å². The largest absolute Gasteiger partial charge is 0.380 e. The third-order valence-corrected chi connectivity index (χ3v) is 3.96. The molecule has 5 heteroatoms. The molecule has 1 aromatic heterocycles. The van der Waals surface area contributed by atoms with E-state index in [-0.39, 0.29) is 0 Å². The Morgan fingerprint density at radius 1 is 1.45 bits per heavy atom. The molecule has 0 radical (unpaired) electrons. The van der Waals surface area contributed by atoms with Crippen LogP contribution in [0.1, 0.15) is 23.7 Å². The maximum atomic E-state index is 9.36. The predicted octanol–water partition coefficient (Wildman–Crippen LogP) is 3.32. The lowest BCUT2D eigenvalue weighted by Gasteiger charge is -2.10. The van der Waals surface area contributed by atoms with Crippen LogP contribution in [0.2, 0.25) is 0 Å². The Morgan fingerprint density at radius 3 is 2.85 bits per heavy atom. The second-order valence-corrected chi connectivity index (χ2v) is 5.80. The van der Waals surface area contributed by atoms with Gasteiger partial charge in [-0.15, -0.1) is 11.8 Å². The monoisotopic (exact) mass is 286 g/mol. The van der Waals surface area contributed by atoms with Gasteiger partial charge in [0.25, 0.3) is 0 Å².